The van der Waals surface area contributed by atoms with Crippen LogP contribution in [0.2, 0.25) is 0 Å². The van der Waals surface area contributed by atoms with Crippen LogP contribution in [0.15, 0.2) is 30.3 Å². The highest BCUT2D eigenvalue weighted by atomic mass is 16.5. The zero-order chi connectivity index (χ0) is 13.5. The van der Waals surface area contributed by atoms with Gasteiger partial charge in [0.15, 0.2) is 5.82 Å². The van der Waals surface area contributed by atoms with E-state index < -0.39 is 5.41 Å². The third kappa shape index (κ3) is 1.73. The summed E-state index contributed by atoms with van der Waals surface area (Å²) in [5.41, 5.74) is 0.362. The van der Waals surface area contributed by atoms with Crippen molar-refractivity contribution in [3.8, 4) is 5.69 Å². The largest absolute Gasteiger partial charge is 0.468 e. The Balaban J connectivity index is 2.13. The van der Waals surface area contributed by atoms with Crippen LogP contribution < -0.4 is 0 Å². The van der Waals surface area contributed by atoms with Crippen LogP contribution in [0.5, 0.6) is 0 Å². The topological polar surface area (TPSA) is 57.0 Å². The molecule has 1 saturated carbocycles. The summed E-state index contributed by atoms with van der Waals surface area (Å²) in [7, 11) is 1.42. The molecule has 0 N–H and O–H groups in total. The molecule has 0 amide bonds. The molecule has 1 aliphatic rings. The van der Waals surface area contributed by atoms with Gasteiger partial charge < -0.3 is 4.74 Å². The first-order valence-corrected chi connectivity index (χ1v) is 6.25. The van der Waals surface area contributed by atoms with Crippen LogP contribution in [-0.4, -0.2) is 27.8 Å². The van der Waals surface area contributed by atoms with E-state index in [1.54, 1.807) is 0 Å². The predicted molar refractivity (Wildman–Crippen MR) is 69.0 cm³/mol. The number of carbonyl (C=O) groups is 1. The molecule has 1 aliphatic carbocycles. The van der Waals surface area contributed by atoms with Crippen molar-refractivity contribution in [1.82, 2.24) is 14.8 Å². The minimum Gasteiger partial charge on any atom is -0.468 e. The molecule has 0 radical (unpaired) electrons. The average Bonchev–Trinajstić information content (AvgIpc) is 3.16. The summed E-state index contributed by atoms with van der Waals surface area (Å²) in [6.07, 6.45) is 1.54. The molecule has 1 fully saturated rings. The predicted octanol–water partition coefficient (Wildman–Crippen LogP) is 1.78. The van der Waals surface area contributed by atoms with E-state index in [-0.39, 0.29) is 5.97 Å². The molecular formula is C14H15N3O2. The molecular weight excluding hydrogens is 242 g/mol. The van der Waals surface area contributed by atoms with E-state index in [9.17, 15) is 4.79 Å². The van der Waals surface area contributed by atoms with Crippen LogP contribution >= 0.6 is 0 Å². The lowest BCUT2D eigenvalue weighted by Crippen LogP contribution is -2.26. The third-order valence-corrected chi connectivity index (χ3v) is 3.59. The van der Waals surface area contributed by atoms with E-state index >= 15 is 0 Å². The molecule has 0 saturated heterocycles. The van der Waals surface area contributed by atoms with Gasteiger partial charge in [-0.2, -0.15) is 0 Å². The molecule has 19 heavy (non-hydrogen) atoms. The molecule has 0 spiro atoms. The molecule has 1 heterocycles. The Morgan fingerprint density at radius 3 is 2.53 bits per heavy atom. The van der Waals surface area contributed by atoms with Crippen molar-refractivity contribution in [3.63, 3.8) is 0 Å². The number of ether oxygens (including phenoxy) is 1. The lowest BCUT2D eigenvalue weighted by atomic mass is 10.1. The summed E-state index contributed by atoms with van der Waals surface area (Å²) < 4.78 is 6.85. The number of nitrogens with zero attached hydrogens (tertiary/aromatic N) is 3. The van der Waals surface area contributed by atoms with Crippen molar-refractivity contribution < 1.29 is 9.53 Å². The molecule has 1 aromatic heterocycles. The Bertz CT molecular complexity index is 615. The minimum absolute atomic E-state index is 0.225. The highest BCUT2D eigenvalue weighted by molar-refractivity contribution is 5.85. The van der Waals surface area contributed by atoms with E-state index in [1.807, 2.05) is 41.8 Å². The summed E-state index contributed by atoms with van der Waals surface area (Å²) >= 11 is 0. The normalized spacial score (nSPS) is 16.1. The fourth-order valence-electron chi connectivity index (χ4n) is 2.40. The van der Waals surface area contributed by atoms with Gasteiger partial charge in [0, 0.05) is 5.69 Å². The van der Waals surface area contributed by atoms with E-state index in [4.69, 9.17) is 4.74 Å². The maximum absolute atomic E-state index is 12.0. The number of carbonyl (C=O) groups excluding carboxylic acids is 1. The van der Waals surface area contributed by atoms with Crippen LogP contribution in [0.3, 0.4) is 0 Å². The van der Waals surface area contributed by atoms with Gasteiger partial charge in [-0.25, -0.2) is 0 Å². The van der Waals surface area contributed by atoms with Gasteiger partial charge in [-0.3, -0.25) is 9.36 Å². The number of esters is 1. The molecule has 5 nitrogen and oxygen atoms in total. The van der Waals surface area contributed by atoms with E-state index in [0.29, 0.717) is 5.82 Å². The highest BCUT2D eigenvalue weighted by Crippen LogP contribution is 2.48. The Hall–Kier alpha value is -2.17. The molecule has 98 valence electrons. The number of para-hydroxylation sites is 1. The maximum Gasteiger partial charge on any atom is 0.319 e. The van der Waals surface area contributed by atoms with Crippen LogP contribution in [0.25, 0.3) is 5.69 Å². The van der Waals surface area contributed by atoms with Gasteiger partial charge in [0.05, 0.1) is 7.11 Å². The summed E-state index contributed by atoms with van der Waals surface area (Å²) in [6, 6.07) is 9.82. The smallest absolute Gasteiger partial charge is 0.319 e. The Kier molecular flexibility index (Phi) is 2.62. The summed E-state index contributed by atoms with van der Waals surface area (Å²) in [6.45, 7) is 1.89. The molecule has 0 bridgehead atoms. The van der Waals surface area contributed by atoms with Gasteiger partial charge in [-0.1, -0.05) is 18.2 Å². The Morgan fingerprint density at radius 2 is 1.95 bits per heavy atom. The van der Waals surface area contributed by atoms with Crippen molar-refractivity contribution in [2.45, 2.75) is 25.2 Å². The van der Waals surface area contributed by atoms with Gasteiger partial charge in [-0.15, -0.1) is 10.2 Å². The summed E-state index contributed by atoms with van der Waals surface area (Å²) in [5, 5.41) is 8.33. The average molecular weight is 257 g/mol. The van der Waals surface area contributed by atoms with Crippen LogP contribution in [-0.2, 0) is 14.9 Å². The number of hydrogen-bond donors (Lipinski definition) is 0. The number of aromatic nitrogens is 3. The molecule has 2 aromatic rings. The van der Waals surface area contributed by atoms with Gasteiger partial charge in [-0.05, 0) is 31.9 Å². The number of rotatable bonds is 3. The minimum atomic E-state index is -0.605. The first-order valence-electron chi connectivity index (χ1n) is 6.25. The molecule has 5 heteroatoms. The van der Waals surface area contributed by atoms with E-state index in [0.717, 1.165) is 24.4 Å². The van der Waals surface area contributed by atoms with Crippen molar-refractivity contribution >= 4 is 5.97 Å². The van der Waals surface area contributed by atoms with Crippen molar-refractivity contribution in [2.75, 3.05) is 7.11 Å². The number of hydrogen-bond acceptors (Lipinski definition) is 4. The number of benzene rings is 1. The maximum atomic E-state index is 12.0. The zero-order valence-electron chi connectivity index (χ0n) is 11.0. The second-order valence-electron chi connectivity index (χ2n) is 4.82. The van der Waals surface area contributed by atoms with Gasteiger partial charge in [0.1, 0.15) is 11.2 Å². The number of methoxy groups -OCH3 is 1. The van der Waals surface area contributed by atoms with Gasteiger partial charge >= 0.3 is 5.97 Å². The lowest BCUT2D eigenvalue weighted by molar-refractivity contribution is -0.143. The van der Waals surface area contributed by atoms with Crippen molar-refractivity contribution in [3.05, 3.63) is 42.0 Å². The van der Waals surface area contributed by atoms with Crippen LogP contribution in [0.4, 0.5) is 0 Å². The lowest BCUT2D eigenvalue weighted by Gasteiger charge is -2.14. The highest BCUT2D eigenvalue weighted by Gasteiger charge is 2.56. The summed E-state index contributed by atoms with van der Waals surface area (Å²) in [5.74, 6) is 1.23. The van der Waals surface area contributed by atoms with E-state index in [2.05, 4.69) is 10.2 Å². The quantitative estimate of drug-likeness (QED) is 0.786. The van der Waals surface area contributed by atoms with Crippen LogP contribution in [0.1, 0.15) is 24.5 Å². The fraction of sp³-hybridized carbons (Fsp3) is 0.357. The fourth-order valence-corrected chi connectivity index (χ4v) is 2.40. The standard InChI is InChI=1S/C14H15N3O2/c1-10-15-16-12(14(8-9-14)13(18)19-2)17(10)11-6-4-3-5-7-11/h3-7H,8-9H2,1-2H3. The summed E-state index contributed by atoms with van der Waals surface area (Å²) in [4.78, 5) is 12.0. The van der Waals surface area contributed by atoms with E-state index in [1.165, 1.54) is 7.11 Å². The zero-order valence-corrected chi connectivity index (χ0v) is 11.0. The molecule has 3 rings (SSSR count). The molecule has 1 aromatic carbocycles. The second-order valence-corrected chi connectivity index (χ2v) is 4.82. The monoisotopic (exact) mass is 257 g/mol. The Labute approximate surface area is 111 Å². The first kappa shape index (κ1) is 11.9. The molecule has 0 aliphatic heterocycles. The SMILES string of the molecule is COC(=O)C1(c2nnc(C)n2-c2ccccc2)CC1. The van der Waals surface area contributed by atoms with Gasteiger partial charge in [0.25, 0.3) is 0 Å². The van der Waals surface area contributed by atoms with Crippen molar-refractivity contribution in [2.24, 2.45) is 0 Å². The first-order chi connectivity index (χ1) is 9.19. The molecule has 0 atom stereocenters. The third-order valence-electron chi connectivity index (χ3n) is 3.59. The van der Waals surface area contributed by atoms with Gasteiger partial charge in [0.2, 0.25) is 0 Å². The molecule has 0 unspecified atom stereocenters. The van der Waals surface area contributed by atoms with Crippen molar-refractivity contribution in [1.29, 1.82) is 0 Å². The second kappa shape index (κ2) is 4.19. The van der Waals surface area contributed by atoms with Crippen LogP contribution in [0, 0.1) is 6.92 Å². The number of aryl methyl sites for hydroxylation is 1. The Morgan fingerprint density at radius 1 is 1.26 bits per heavy atom.